The van der Waals surface area contributed by atoms with E-state index in [4.69, 9.17) is 4.98 Å². The highest BCUT2D eigenvalue weighted by Crippen LogP contribution is 2.32. The van der Waals surface area contributed by atoms with Crippen molar-refractivity contribution in [2.24, 2.45) is 0 Å². The van der Waals surface area contributed by atoms with Gasteiger partial charge in [0.2, 0.25) is 6.33 Å². The summed E-state index contributed by atoms with van der Waals surface area (Å²) in [5.74, 6) is 0.114. The van der Waals surface area contributed by atoms with E-state index >= 15 is 0 Å². The number of nitrogens with zero attached hydrogens (tertiary/aromatic N) is 5. The number of fused-ring (bicyclic) bond motifs is 1. The molecule has 3 heterocycles. The van der Waals surface area contributed by atoms with E-state index in [1.807, 2.05) is 41.9 Å². The van der Waals surface area contributed by atoms with Gasteiger partial charge >= 0.3 is 12.2 Å². The number of hydrogen-bond acceptors (Lipinski definition) is 4. The number of rotatable bonds is 6. The van der Waals surface area contributed by atoms with E-state index in [1.54, 1.807) is 4.68 Å². The molecule has 0 saturated carbocycles. The van der Waals surface area contributed by atoms with E-state index in [-0.39, 0.29) is 12.1 Å². The molecule has 2 atom stereocenters. The number of aromatic amines is 2. The van der Waals surface area contributed by atoms with E-state index < -0.39 is 23.3 Å². The molecule has 10 heteroatoms. The molecule has 0 unspecified atom stereocenters. The lowest BCUT2D eigenvalue weighted by Crippen LogP contribution is -2.61. The first-order valence-electron chi connectivity index (χ1n) is 10.8. The molecule has 0 radical (unpaired) electrons. The number of benzene rings is 2. The summed E-state index contributed by atoms with van der Waals surface area (Å²) >= 11 is 0. The fraction of sp³-hybridized carbons (Fsp3) is 0.304. The van der Waals surface area contributed by atoms with Crippen LogP contribution in [0.3, 0.4) is 0 Å². The zero-order valence-corrected chi connectivity index (χ0v) is 18.1. The summed E-state index contributed by atoms with van der Waals surface area (Å²) in [6, 6.07) is 12.6. The molecule has 33 heavy (non-hydrogen) atoms. The predicted octanol–water partition coefficient (Wildman–Crippen LogP) is 1.45. The van der Waals surface area contributed by atoms with Crippen molar-refractivity contribution in [3.8, 4) is 11.4 Å². The first-order valence-corrected chi connectivity index (χ1v) is 10.8. The minimum absolute atomic E-state index is 0.0169. The molecule has 3 N–H and O–H groups in total. The molecule has 4 aromatic rings. The highest BCUT2D eigenvalue weighted by Gasteiger charge is 2.45. The molecule has 1 aliphatic rings. The third-order valence-corrected chi connectivity index (χ3v) is 6.35. The highest BCUT2D eigenvalue weighted by molar-refractivity contribution is 5.53. The Labute approximate surface area is 189 Å². The number of H-pyrrole nitrogens is 2. The maximum absolute atomic E-state index is 14.9. The molecule has 5 rings (SSSR count). The van der Waals surface area contributed by atoms with Crippen LogP contribution in [0.5, 0.6) is 0 Å². The average molecular weight is 453 g/mol. The summed E-state index contributed by atoms with van der Waals surface area (Å²) in [4.78, 5) is 10.8. The summed E-state index contributed by atoms with van der Waals surface area (Å²) in [6.45, 7) is 3.58. The van der Waals surface area contributed by atoms with Gasteiger partial charge in [0.25, 0.3) is 5.82 Å². The van der Waals surface area contributed by atoms with Gasteiger partial charge in [-0.25, -0.2) is 8.78 Å². The van der Waals surface area contributed by atoms with Crippen LogP contribution in [0.15, 0.2) is 61.2 Å². The van der Waals surface area contributed by atoms with Crippen LogP contribution in [0.25, 0.3) is 11.4 Å². The Balaban J connectivity index is 1.46. The van der Waals surface area contributed by atoms with Crippen molar-refractivity contribution in [1.82, 2.24) is 25.1 Å². The maximum atomic E-state index is 14.9. The smallest absolute Gasteiger partial charge is 0.333 e. The Morgan fingerprint density at radius 2 is 2.03 bits per heavy atom. The van der Waals surface area contributed by atoms with E-state index in [9.17, 15) is 13.9 Å². The Kier molecular flexibility index (Phi) is 5.47. The molecule has 8 nitrogen and oxygen atoms in total. The van der Waals surface area contributed by atoms with Gasteiger partial charge in [0.1, 0.15) is 36.9 Å². The van der Waals surface area contributed by atoms with Crippen molar-refractivity contribution in [2.45, 2.75) is 38.2 Å². The molecular formula is C23H25F2N7O+2. The molecule has 0 bridgehead atoms. The largest absolute Gasteiger partial charge is 0.379 e. The molecule has 170 valence electrons. The Hall–Kier alpha value is -3.50. The SMILES string of the molecule is C[C@@H](N1CC[n+]2[nH]c(-c3ccccc3)nc2C1)[C@](O)(C[n+]1cnc[nH]1)c1ccc(F)cc1F. The van der Waals surface area contributed by atoms with Crippen molar-refractivity contribution < 1.29 is 23.3 Å². The minimum atomic E-state index is -1.66. The zero-order chi connectivity index (χ0) is 23.0. The van der Waals surface area contributed by atoms with Crippen LogP contribution in [0.2, 0.25) is 0 Å². The van der Waals surface area contributed by atoms with Crippen molar-refractivity contribution in [3.63, 3.8) is 0 Å². The second-order valence-electron chi connectivity index (χ2n) is 8.35. The van der Waals surface area contributed by atoms with Crippen LogP contribution >= 0.6 is 0 Å². The zero-order valence-electron chi connectivity index (χ0n) is 18.1. The van der Waals surface area contributed by atoms with Crippen molar-refractivity contribution in [2.75, 3.05) is 6.54 Å². The van der Waals surface area contributed by atoms with Crippen LogP contribution < -0.4 is 9.36 Å². The maximum Gasteiger partial charge on any atom is 0.333 e. The normalized spacial score (nSPS) is 16.8. The van der Waals surface area contributed by atoms with E-state index in [0.29, 0.717) is 19.6 Å². The molecule has 2 aromatic heterocycles. The first-order chi connectivity index (χ1) is 15.9. The second-order valence-corrected chi connectivity index (χ2v) is 8.35. The minimum Gasteiger partial charge on any atom is -0.379 e. The average Bonchev–Trinajstić information content (AvgIpc) is 3.48. The number of aromatic nitrogens is 6. The lowest BCUT2D eigenvalue weighted by Gasteiger charge is -2.40. The van der Waals surface area contributed by atoms with E-state index in [0.717, 1.165) is 29.3 Å². The summed E-state index contributed by atoms with van der Waals surface area (Å²) in [5.41, 5.74) is -0.640. The Bertz CT molecular complexity index is 1250. The molecule has 2 aromatic carbocycles. The van der Waals surface area contributed by atoms with Crippen LogP contribution in [0.4, 0.5) is 8.78 Å². The molecular weight excluding hydrogens is 428 g/mol. The predicted molar refractivity (Wildman–Crippen MR) is 113 cm³/mol. The van der Waals surface area contributed by atoms with Crippen LogP contribution in [-0.4, -0.2) is 42.8 Å². The fourth-order valence-corrected chi connectivity index (χ4v) is 4.44. The van der Waals surface area contributed by atoms with Gasteiger partial charge in [0, 0.05) is 29.8 Å². The van der Waals surface area contributed by atoms with Gasteiger partial charge in [-0.1, -0.05) is 24.3 Å². The molecule has 0 fully saturated rings. The lowest BCUT2D eigenvalue weighted by atomic mass is 9.85. The number of hydrogen-bond donors (Lipinski definition) is 3. The van der Waals surface area contributed by atoms with Gasteiger partial charge in [-0.3, -0.25) is 4.90 Å². The first kappa shape index (κ1) is 21.4. The third kappa shape index (κ3) is 4.03. The van der Waals surface area contributed by atoms with Crippen LogP contribution in [0.1, 0.15) is 18.3 Å². The number of halogens is 2. The van der Waals surface area contributed by atoms with Crippen molar-refractivity contribution in [3.05, 3.63) is 84.2 Å². The summed E-state index contributed by atoms with van der Waals surface area (Å²) < 4.78 is 32.0. The van der Waals surface area contributed by atoms with E-state index in [1.165, 1.54) is 18.7 Å². The van der Waals surface area contributed by atoms with Crippen molar-refractivity contribution in [1.29, 1.82) is 0 Å². The van der Waals surface area contributed by atoms with Gasteiger partial charge in [0.15, 0.2) is 0 Å². The molecule has 0 spiro atoms. The van der Waals surface area contributed by atoms with Gasteiger partial charge in [-0.2, -0.15) is 19.6 Å². The van der Waals surface area contributed by atoms with Gasteiger partial charge in [-0.05, 0) is 35.1 Å². The highest BCUT2D eigenvalue weighted by atomic mass is 19.1. The molecule has 0 amide bonds. The second kappa shape index (κ2) is 8.45. The standard InChI is InChI=1S/C23H23F2N7O/c1-16(23(33,13-31-15-26-14-27-31)19-8-7-18(24)11-20(19)25)30-9-10-32-21(12-30)28-22(29-32)17-5-3-2-4-6-17/h2-8,11,14-16,33H,9-10,12-13H2,1H3/p+2/t16-,23-/m1/s1. The summed E-state index contributed by atoms with van der Waals surface area (Å²) in [6.07, 6.45) is 2.99. The van der Waals surface area contributed by atoms with Gasteiger partial charge in [0.05, 0.1) is 0 Å². The Morgan fingerprint density at radius 1 is 1.21 bits per heavy atom. The fourth-order valence-electron chi connectivity index (χ4n) is 4.44. The number of nitrogens with one attached hydrogen (secondary N) is 2. The van der Waals surface area contributed by atoms with Gasteiger partial charge in [-0.15, -0.1) is 0 Å². The van der Waals surface area contributed by atoms with Crippen LogP contribution in [-0.2, 0) is 25.2 Å². The third-order valence-electron chi connectivity index (χ3n) is 6.35. The quantitative estimate of drug-likeness (QED) is 0.386. The van der Waals surface area contributed by atoms with E-state index in [2.05, 4.69) is 20.1 Å². The Morgan fingerprint density at radius 3 is 2.76 bits per heavy atom. The van der Waals surface area contributed by atoms with Crippen molar-refractivity contribution >= 4 is 0 Å². The van der Waals surface area contributed by atoms with Crippen LogP contribution in [0, 0.1) is 11.6 Å². The van der Waals surface area contributed by atoms with Gasteiger partial charge < -0.3 is 5.11 Å². The molecule has 1 aliphatic heterocycles. The summed E-state index contributed by atoms with van der Waals surface area (Å²) in [7, 11) is 0. The molecule has 0 aliphatic carbocycles. The topological polar surface area (TPSA) is 88.6 Å². The monoisotopic (exact) mass is 453 g/mol. The molecule has 0 saturated heterocycles. The number of aliphatic hydroxyl groups is 1. The lowest BCUT2D eigenvalue weighted by molar-refractivity contribution is -0.768. The summed E-state index contributed by atoms with van der Waals surface area (Å²) in [5, 5.41) is 18.1.